The molecule has 1 N–H and O–H groups in total. The van der Waals surface area contributed by atoms with Crippen LogP contribution < -0.4 is 10.2 Å². The molecule has 0 aliphatic carbocycles. The van der Waals surface area contributed by atoms with Crippen LogP contribution in [0.15, 0.2) is 22.8 Å². The summed E-state index contributed by atoms with van der Waals surface area (Å²) in [6.45, 7) is 3.42. The van der Waals surface area contributed by atoms with Gasteiger partial charge in [-0.05, 0) is 53.4 Å². The monoisotopic (exact) mass is 281 g/mol. The topological polar surface area (TPSA) is 28.2 Å². The van der Waals surface area contributed by atoms with Crippen molar-refractivity contribution >= 4 is 21.7 Å². The number of piperidine rings is 1. The number of hydrogen-bond acceptors (Lipinski definition) is 3. The summed E-state index contributed by atoms with van der Waals surface area (Å²) in [5, 5.41) is 3.62. The molecule has 4 heteroatoms. The molecule has 2 aliphatic heterocycles. The number of nitrogens with zero attached hydrogens (tertiary/aromatic N) is 2. The lowest BCUT2D eigenvalue weighted by Gasteiger charge is -2.24. The highest BCUT2D eigenvalue weighted by Gasteiger charge is 2.35. The van der Waals surface area contributed by atoms with Gasteiger partial charge in [-0.15, -0.1) is 0 Å². The van der Waals surface area contributed by atoms with Gasteiger partial charge >= 0.3 is 0 Å². The highest BCUT2D eigenvalue weighted by molar-refractivity contribution is 9.10. The minimum atomic E-state index is 0.669. The van der Waals surface area contributed by atoms with E-state index in [0.29, 0.717) is 6.04 Å². The SMILES string of the molecule is Brc1cccnc1N1CC2CCCNC2C1. The van der Waals surface area contributed by atoms with Crippen LogP contribution in [-0.2, 0) is 0 Å². The molecule has 3 nitrogen and oxygen atoms in total. The Morgan fingerprint density at radius 3 is 3.19 bits per heavy atom. The number of rotatable bonds is 1. The molecule has 3 rings (SSSR count). The van der Waals surface area contributed by atoms with Gasteiger partial charge in [0.25, 0.3) is 0 Å². The molecule has 0 bridgehead atoms. The predicted molar refractivity (Wildman–Crippen MR) is 68.7 cm³/mol. The fraction of sp³-hybridized carbons (Fsp3) is 0.583. The van der Waals surface area contributed by atoms with Crippen molar-refractivity contribution in [2.45, 2.75) is 18.9 Å². The molecule has 0 aromatic carbocycles. The van der Waals surface area contributed by atoms with Gasteiger partial charge in [0.2, 0.25) is 0 Å². The normalized spacial score (nSPS) is 29.2. The van der Waals surface area contributed by atoms with Crippen molar-refractivity contribution in [2.24, 2.45) is 5.92 Å². The zero-order valence-corrected chi connectivity index (χ0v) is 10.8. The van der Waals surface area contributed by atoms with E-state index in [4.69, 9.17) is 0 Å². The number of pyridine rings is 1. The van der Waals surface area contributed by atoms with Crippen LogP contribution in [-0.4, -0.2) is 30.7 Å². The van der Waals surface area contributed by atoms with Crippen LogP contribution in [0.2, 0.25) is 0 Å². The van der Waals surface area contributed by atoms with Crippen LogP contribution in [0.4, 0.5) is 5.82 Å². The van der Waals surface area contributed by atoms with Gasteiger partial charge in [0.1, 0.15) is 5.82 Å². The molecule has 2 unspecified atom stereocenters. The van der Waals surface area contributed by atoms with Crippen LogP contribution in [0.3, 0.4) is 0 Å². The van der Waals surface area contributed by atoms with E-state index in [0.717, 1.165) is 29.3 Å². The minimum Gasteiger partial charge on any atom is -0.354 e. The summed E-state index contributed by atoms with van der Waals surface area (Å²) >= 11 is 3.58. The first-order valence-electron chi connectivity index (χ1n) is 5.93. The van der Waals surface area contributed by atoms with E-state index in [9.17, 15) is 0 Å². The smallest absolute Gasteiger partial charge is 0.142 e. The lowest BCUT2D eigenvalue weighted by molar-refractivity contribution is 0.340. The second-order valence-electron chi connectivity index (χ2n) is 4.68. The van der Waals surface area contributed by atoms with Gasteiger partial charge in [0.15, 0.2) is 0 Å². The summed E-state index contributed by atoms with van der Waals surface area (Å²) in [5.74, 6) is 1.90. The molecule has 0 saturated carbocycles. The van der Waals surface area contributed by atoms with E-state index in [1.54, 1.807) is 0 Å². The predicted octanol–water partition coefficient (Wildman–Crippen LogP) is 2.03. The average Bonchev–Trinajstić information content (AvgIpc) is 2.73. The number of anilines is 1. The third-order valence-electron chi connectivity index (χ3n) is 3.64. The standard InChI is InChI=1S/C12H16BrN3/c13-10-4-2-6-15-12(10)16-7-9-3-1-5-14-11(9)8-16/h2,4,6,9,11,14H,1,3,5,7-8H2. The lowest BCUT2D eigenvalue weighted by atomic mass is 9.94. The molecule has 2 aliphatic rings. The molecule has 1 aromatic heterocycles. The van der Waals surface area contributed by atoms with Crippen LogP contribution in [0.1, 0.15) is 12.8 Å². The van der Waals surface area contributed by atoms with Crippen LogP contribution in [0.5, 0.6) is 0 Å². The number of nitrogens with one attached hydrogen (secondary N) is 1. The molecule has 86 valence electrons. The van der Waals surface area contributed by atoms with Gasteiger partial charge < -0.3 is 10.2 Å². The second kappa shape index (κ2) is 4.34. The van der Waals surface area contributed by atoms with E-state index in [1.807, 2.05) is 12.3 Å². The quantitative estimate of drug-likeness (QED) is 0.854. The number of aromatic nitrogens is 1. The summed E-state index contributed by atoms with van der Waals surface area (Å²) in [5.41, 5.74) is 0. The Bertz CT molecular complexity index is 368. The fourth-order valence-corrected chi connectivity index (χ4v) is 3.34. The first-order valence-corrected chi connectivity index (χ1v) is 6.73. The number of hydrogen-bond donors (Lipinski definition) is 1. The summed E-state index contributed by atoms with van der Waals surface area (Å²) in [6.07, 6.45) is 4.55. The van der Waals surface area contributed by atoms with E-state index >= 15 is 0 Å². The molecule has 0 spiro atoms. The molecule has 3 heterocycles. The largest absolute Gasteiger partial charge is 0.354 e. The first kappa shape index (κ1) is 10.5. The van der Waals surface area contributed by atoms with Crippen molar-refractivity contribution in [1.29, 1.82) is 0 Å². The molecule has 2 fully saturated rings. The number of halogens is 1. The van der Waals surface area contributed by atoms with E-state index in [1.165, 1.54) is 19.4 Å². The molecule has 16 heavy (non-hydrogen) atoms. The minimum absolute atomic E-state index is 0.669. The Balaban J connectivity index is 1.80. The highest BCUT2D eigenvalue weighted by Crippen LogP contribution is 2.31. The van der Waals surface area contributed by atoms with Crippen molar-refractivity contribution in [3.05, 3.63) is 22.8 Å². The summed E-state index contributed by atoms with van der Waals surface area (Å²) in [4.78, 5) is 6.87. The van der Waals surface area contributed by atoms with Crippen molar-refractivity contribution in [3.8, 4) is 0 Å². The van der Waals surface area contributed by atoms with Crippen LogP contribution in [0, 0.1) is 5.92 Å². The third-order valence-corrected chi connectivity index (χ3v) is 4.26. The van der Waals surface area contributed by atoms with Crippen LogP contribution >= 0.6 is 15.9 Å². The van der Waals surface area contributed by atoms with Gasteiger partial charge in [0, 0.05) is 25.3 Å². The van der Waals surface area contributed by atoms with Crippen molar-refractivity contribution < 1.29 is 0 Å². The van der Waals surface area contributed by atoms with Gasteiger partial charge in [-0.2, -0.15) is 0 Å². The Hall–Kier alpha value is -0.610. The van der Waals surface area contributed by atoms with E-state index in [2.05, 4.69) is 37.2 Å². The molecule has 2 saturated heterocycles. The zero-order chi connectivity index (χ0) is 11.0. The summed E-state index contributed by atoms with van der Waals surface area (Å²) in [6, 6.07) is 4.70. The Labute approximate surface area is 104 Å². The molecular formula is C12H16BrN3. The molecular weight excluding hydrogens is 266 g/mol. The van der Waals surface area contributed by atoms with Crippen molar-refractivity contribution in [1.82, 2.24) is 10.3 Å². The third kappa shape index (κ3) is 1.84. The van der Waals surface area contributed by atoms with Gasteiger partial charge in [-0.1, -0.05) is 0 Å². The second-order valence-corrected chi connectivity index (χ2v) is 5.53. The highest BCUT2D eigenvalue weighted by atomic mass is 79.9. The van der Waals surface area contributed by atoms with Crippen molar-refractivity contribution in [2.75, 3.05) is 24.5 Å². The maximum absolute atomic E-state index is 4.47. The Morgan fingerprint density at radius 2 is 2.38 bits per heavy atom. The zero-order valence-electron chi connectivity index (χ0n) is 9.19. The van der Waals surface area contributed by atoms with Gasteiger partial charge in [-0.25, -0.2) is 4.98 Å². The summed E-state index contributed by atoms with van der Waals surface area (Å²) in [7, 11) is 0. The van der Waals surface area contributed by atoms with Gasteiger partial charge in [-0.3, -0.25) is 0 Å². The molecule has 0 amide bonds. The molecule has 2 atom stereocenters. The average molecular weight is 282 g/mol. The van der Waals surface area contributed by atoms with Crippen molar-refractivity contribution in [3.63, 3.8) is 0 Å². The maximum atomic E-state index is 4.47. The fourth-order valence-electron chi connectivity index (χ4n) is 2.83. The van der Waals surface area contributed by atoms with Gasteiger partial charge in [0.05, 0.1) is 4.47 Å². The first-order chi connectivity index (χ1) is 7.84. The van der Waals surface area contributed by atoms with E-state index < -0.39 is 0 Å². The number of fused-ring (bicyclic) bond motifs is 1. The molecule has 0 radical (unpaired) electrons. The maximum Gasteiger partial charge on any atom is 0.142 e. The lowest BCUT2D eigenvalue weighted by Crippen LogP contribution is -2.40. The molecule has 1 aromatic rings. The van der Waals surface area contributed by atoms with E-state index in [-0.39, 0.29) is 0 Å². The Morgan fingerprint density at radius 1 is 1.44 bits per heavy atom. The Kier molecular flexibility index (Phi) is 2.86. The van der Waals surface area contributed by atoms with Crippen LogP contribution in [0.25, 0.3) is 0 Å². The summed E-state index contributed by atoms with van der Waals surface area (Å²) < 4.78 is 1.11.